The van der Waals surface area contributed by atoms with E-state index in [9.17, 15) is 4.79 Å². The topological polar surface area (TPSA) is 55.1 Å². The van der Waals surface area contributed by atoms with E-state index >= 15 is 0 Å². The predicted octanol–water partition coefficient (Wildman–Crippen LogP) is 4.30. The van der Waals surface area contributed by atoms with E-state index in [1.165, 1.54) is 6.08 Å². The number of nitrogens with one attached hydrogen (secondary N) is 1. The van der Waals surface area contributed by atoms with E-state index in [2.05, 4.69) is 22.6 Å². The van der Waals surface area contributed by atoms with Crippen LogP contribution in [0.5, 0.6) is 0 Å². The number of thiazole rings is 1. The van der Waals surface area contributed by atoms with Crippen LogP contribution in [0.4, 0.5) is 0 Å². The van der Waals surface area contributed by atoms with Crippen molar-refractivity contribution >= 4 is 23.3 Å². The summed E-state index contributed by atoms with van der Waals surface area (Å²) in [5.41, 5.74) is 3.27. The van der Waals surface area contributed by atoms with Crippen LogP contribution in [0.15, 0.2) is 58.5 Å². The molecule has 0 saturated carbocycles. The summed E-state index contributed by atoms with van der Waals surface area (Å²) in [6, 6.07) is 11.7. The lowest BCUT2D eigenvalue weighted by atomic mass is 10.1. The zero-order valence-corrected chi connectivity index (χ0v) is 14.2. The Labute approximate surface area is 144 Å². The summed E-state index contributed by atoms with van der Waals surface area (Å²) in [5, 5.41) is 5.98. The van der Waals surface area contributed by atoms with E-state index in [4.69, 9.17) is 4.42 Å². The molecule has 3 rings (SSSR count). The molecule has 2 aromatic heterocycles. The molecular formula is C19H18N2O2S. The zero-order chi connectivity index (χ0) is 16.8. The smallest absolute Gasteiger partial charge is 0.244 e. The second-order valence-corrected chi connectivity index (χ2v) is 6.12. The fraction of sp³-hybridized carbons (Fsp3) is 0.158. The monoisotopic (exact) mass is 338 g/mol. The highest BCUT2D eigenvalue weighted by molar-refractivity contribution is 7.13. The van der Waals surface area contributed by atoms with Crippen LogP contribution in [0.1, 0.15) is 23.9 Å². The van der Waals surface area contributed by atoms with Crippen LogP contribution < -0.4 is 5.32 Å². The average Bonchev–Trinajstić information content (AvgIpc) is 3.30. The van der Waals surface area contributed by atoms with Gasteiger partial charge in [-0.1, -0.05) is 31.2 Å². The van der Waals surface area contributed by atoms with Crippen molar-refractivity contribution in [2.45, 2.75) is 19.9 Å². The quantitative estimate of drug-likeness (QED) is 0.682. The van der Waals surface area contributed by atoms with Gasteiger partial charge in [-0.05, 0) is 30.2 Å². The molecule has 0 unspecified atom stereocenters. The van der Waals surface area contributed by atoms with Gasteiger partial charge < -0.3 is 9.73 Å². The van der Waals surface area contributed by atoms with Gasteiger partial charge in [0.2, 0.25) is 5.91 Å². The summed E-state index contributed by atoms with van der Waals surface area (Å²) < 4.78 is 5.14. The number of hydrogen-bond acceptors (Lipinski definition) is 4. The van der Waals surface area contributed by atoms with Crippen LogP contribution >= 0.6 is 11.3 Å². The Morgan fingerprint density at radius 1 is 1.29 bits per heavy atom. The number of furan rings is 1. The Morgan fingerprint density at radius 2 is 2.12 bits per heavy atom. The number of hydrogen-bond donors (Lipinski definition) is 1. The first-order chi connectivity index (χ1) is 11.7. The van der Waals surface area contributed by atoms with Gasteiger partial charge in [0.1, 0.15) is 10.8 Å². The Balaban J connectivity index is 1.55. The SMILES string of the molecule is CCc1csc(-c2ccc(CNC(=O)/C=C/c3ccco3)cc2)n1. The van der Waals surface area contributed by atoms with Gasteiger partial charge in [0.05, 0.1) is 12.0 Å². The standard InChI is InChI=1S/C19H18N2O2S/c1-2-16-13-24-19(21-16)15-7-5-14(6-8-15)12-20-18(22)10-9-17-4-3-11-23-17/h3-11,13H,2,12H2,1H3,(H,20,22)/b10-9+. The van der Waals surface area contributed by atoms with Crippen LogP contribution in [0.25, 0.3) is 16.6 Å². The summed E-state index contributed by atoms with van der Waals surface area (Å²) in [6.07, 6.45) is 5.64. The average molecular weight is 338 g/mol. The van der Waals surface area contributed by atoms with Crippen molar-refractivity contribution in [3.05, 3.63) is 71.1 Å². The van der Waals surface area contributed by atoms with Crippen molar-refractivity contribution in [3.63, 3.8) is 0 Å². The highest BCUT2D eigenvalue weighted by Gasteiger charge is 2.04. The van der Waals surface area contributed by atoms with E-state index < -0.39 is 0 Å². The fourth-order valence-corrected chi connectivity index (χ4v) is 3.07. The number of aryl methyl sites for hydroxylation is 1. The van der Waals surface area contributed by atoms with Crippen molar-refractivity contribution in [3.8, 4) is 10.6 Å². The fourth-order valence-electron chi connectivity index (χ4n) is 2.16. The molecule has 0 fully saturated rings. The van der Waals surface area contributed by atoms with Crippen LogP contribution in [0.2, 0.25) is 0 Å². The summed E-state index contributed by atoms with van der Waals surface area (Å²) in [4.78, 5) is 16.4. The van der Waals surface area contributed by atoms with Crippen LogP contribution in [-0.4, -0.2) is 10.9 Å². The molecule has 24 heavy (non-hydrogen) atoms. The normalized spacial score (nSPS) is 11.0. The second kappa shape index (κ2) is 7.75. The minimum Gasteiger partial charge on any atom is -0.465 e. The third-order valence-corrected chi connectivity index (χ3v) is 4.46. The maximum atomic E-state index is 11.8. The first-order valence-electron chi connectivity index (χ1n) is 7.77. The van der Waals surface area contributed by atoms with Crippen LogP contribution in [0, 0.1) is 0 Å². The first-order valence-corrected chi connectivity index (χ1v) is 8.65. The van der Waals surface area contributed by atoms with Gasteiger partial charge >= 0.3 is 0 Å². The van der Waals surface area contributed by atoms with E-state index in [1.54, 1.807) is 35.8 Å². The van der Waals surface area contributed by atoms with Gasteiger partial charge in [0.25, 0.3) is 0 Å². The summed E-state index contributed by atoms with van der Waals surface area (Å²) in [5.74, 6) is 0.507. The van der Waals surface area contributed by atoms with Crippen molar-refractivity contribution in [1.29, 1.82) is 0 Å². The second-order valence-electron chi connectivity index (χ2n) is 5.26. The van der Waals surface area contributed by atoms with Gasteiger partial charge in [0.15, 0.2) is 0 Å². The molecule has 2 heterocycles. The molecule has 122 valence electrons. The molecular weight excluding hydrogens is 320 g/mol. The lowest BCUT2D eigenvalue weighted by molar-refractivity contribution is -0.116. The largest absolute Gasteiger partial charge is 0.465 e. The minimum atomic E-state index is -0.150. The van der Waals surface area contributed by atoms with Gasteiger partial charge in [-0.25, -0.2) is 4.98 Å². The van der Waals surface area contributed by atoms with Gasteiger partial charge in [-0.3, -0.25) is 4.79 Å². The van der Waals surface area contributed by atoms with Gasteiger partial charge in [-0.2, -0.15) is 0 Å². The number of aromatic nitrogens is 1. The summed E-state index contributed by atoms with van der Waals surface area (Å²) in [7, 11) is 0. The molecule has 0 aliphatic carbocycles. The number of carbonyl (C=O) groups is 1. The molecule has 3 aromatic rings. The lowest BCUT2D eigenvalue weighted by Crippen LogP contribution is -2.20. The number of amides is 1. The van der Waals surface area contributed by atoms with Gasteiger partial charge in [0, 0.05) is 23.6 Å². The third-order valence-electron chi connectivity index (χ3n) is 3.52. The molecule has 0 aliphatic heterocycles. The molecule has 4 nitrogen and oxygen atoms in total. The predicted molar refractivity (Wildman–Crippen MR) is 96.5 cm³/mol. The molecule has 1 amide bonds. The number of nitrogens with zero attached hydrogens (tertiary/aromatic N) is 1. The highest BCUT2D eigenvalue weighted by atomic mass is 32.1. The maximum Gasteiger partial charge on any atom is 0.244 e. The first kappa shape index (κ1) is 16.2. The summed E-state index contributed by atoms with van der Waals surface area (Å²) >= 11 is 1.66. The molecule has 0 radical (unpaired) electrons. The molecule has 1 aromatic carbocycles. The van der Waals surface area contributed by atoms with E-state index in [-0.39, 0.29) is 5.91 Å². The van der Waals surface area contributed by atoms with E-state index in [0.717, 1.165) is 28.2 Å². The number of benzene rings is 1. The van der Waals surface area contributed by atoms with Crippen LogP contribution in [-0.2, 0) is 17.8 Å². The molecule has 0 aliphatic rings. The molecule has 5 heteroatoms. The van der Waals surface area contributed by atoms with E-state index in [1.807, 2.05) is 24.3 Å². The third kappa shape index (κ3) is 4.20. The van der Waals surface area contributed by atoms with E-state index in [0.29, 0.717) is 12.3 Å². The van der Waals surface area contributed by atoms with Crippen LogP contribution in [0.3, 0.4) is 0 Å². The molecule has 0 spiro atoms. The Kier molecular flexibility index (Phi) is 5.23. The number of carbonyl (C=O) groups excluding carboxylic acids is 1. The molecule has 0 saturated heterocycles. The van der Waals surface area contributed by atoms with Gasteiger partial charge in [-0.15, -0.1) is 11.3 Å². The lowest BCUT2D eigenvalue weighted by Gasteiger charge is -2.03. The highest BCUT2D eigenvalue weighted by Crippen LogP contribution is 2.24. The number of rotatable bonds is 6. The molecule has 0 atom stereocenters. The maximum absolute atomic E-state index is 11.8. The Hall–Kier alpha value is -2.66. The molecule has 1 N–H and O–H groups in total. The molecule has 0 bridgehead atoms. The Morgan fingerprint density at radius 3 is 2.79 bits per heavy atom. The minimum absolute atomic E-state index is 0.150. The zero-order valence-electron chi connectivity index (χ0n) is 13.4. The van der Waals surface area contributed by atoms with Crippen molar-refractivity contribution < 1.29 is 9.21 Å². The summed E-state index contributed by atoms with van der Waals surface area (Å²) in [6.45, 7) is 2.59. The van der Waals surface area contributed by atoms with Crippen molar-refractivity contribution in [2.75, 3.05) is 0 Å². The van der Waals surface area contributed by atoms with Crippen molar-refractivity contribution in [2.24, 2.45) is 0 Å². The van der Waals surface area contributed by atoms with Crippen molar-refractivity contribution in [1.82, 2.24) is 10.3 Å². The Bertz CT molecular complexity index is 817.